The molecule has 1 saturated heterocycles. The van der Waals surface area contributed by atoms with E-state index in [-0.39, 0.29) is 23.5 Å². The van der Waals surface area contributed by atoms with Crippen molar-refractivity contribution in [2.75, 3.05) is 26.2 Å². The van der Waals surface area contributed by atoms with Gasteiger partial charge in [-0.1, -0.05) is 24.3 Å². The van der Waals surface area contributed by atoms with Crippen molar-refractivity contribution in [1.29, 1.82) is 0 Å². The lowest BCUT2D eigenvalue weighted by Crippen LogP contribution is -2.58. The first-order chi connectivity index (χ1) is 13.5. The normalized spacial score (nSPS) is 19.3. The van der Waals surface area contributed by atoms with Crippen LogP contribution in [0.25, 0.3) is 0 Å². The number of fused-ring (bicyclic) bond motifs is 1. The zero-order chi connectivity index (χ0) is 19.7. The lowest BCUT2D eigenvalue weighted by molar-refractivity contribution is -0.142. The largest absolute Gasteiger partial charge is 0.459 e. The summed E-state index contributed by atoms with van der Waals surface area (Å²) in [7, 11) is 0. The zero-order valence-corrected chi connectivity index (χ0v) is 15.8. The molecule has 4 rings (SSSR count). The van der Waals surface area contributed by atoms with E-state index < -0.39 is 6.04 Å². The van der Waals surface area contributed by atoms with Gasteiger partial charge in [0.1, 0.15) is 6.04 Å². The maximum absolute atomic E-state index is 13.3. The van der Waals surface area contributed by atoms with Gasteiger partial charge in [0.15, 0.2) is 5.76 Å². The van der Waals surface area contributed by atoms with Crippen LogP contribution in [0.1, 0.15) is 28.6 Å². The van der Waals surface area contributed by atoms with E-state index in [2.05, 4.69) is 0 Å². The molecule has 0 bridgehead atoms. The van der Waals surface area contributed by atoms with Crippen LogP contribution in [0, 0.1) is 0 Å². The molecule has 7 heteroatoms. The van der Waals surface area contributed by atoms with Crippen molar-refractivity contribution >= 4 is 17.7 Å². The Bertz CT molecular complexity index is 885. The molecule has 7 nitrogen and oxygen atoms in total. The van der Waals surface area contributed by atoms with Crippen molar-refractivity contribution in [3.63, 3.8) is 0 Å². The average molecular weight is 381 g/mol. The number of benzene rings is 1. The minimum Gasteiger partial charge on any atom is -0.459 e. The SMILES string of the molecule is CC(=O)N1CCN(C(=O)C2Cc3ccccc3CN2C(=O)c2ccco2)CC1. The third kappa shape index (κ3) is 3.40. The summed E-state index contributed by atoms with van der Waals surface area (Å²) in [6.07, 6.45) is 1.94. The van der Waals surface area contributed by atoms with Crippen LogP contribution in [0.4, 0.5) is 0 Å². The molecule has 1 fully saturated rings. The van der Waals surface area contributed by atoms with Crippen LogP contribution in [0.5, 0.6) is 0 Å². The topological polar surface area (TPSA) is 74.1 Å². The first-order valence-corrected chi connectivity index (χ1v) is 9.50. The maximum Gasteiger partial charge on any atom is 0.290 e. The molecule has 2 aliphatic rings. The second-order valence-corrected chi connectivity index (χ2v) is 7.23. The van der Waals surface area contributed by atoms with Gasteiger partial charge >= 0.3 is 0 Å². The van der Waals surface area contributed by atoms with E-state index in [4.69, 9.17) is 4.42 Å². The molecule has 1 aromatic heterocycles. The van der Waals surface area contributed by atoms with Crippen LogP contribution in [0.3, 0.4) is 0 Å². The van der Waals surface area contributed by atoms with E-state index in [1.54, 1.807) is 33.8 Å². The highest BCUT2D eigenvalue weighted by molar-refractivity contribution is 5.96. The van der Waals surface area contributed by atoms with E-state index in [1.165, 1.54) is 6.26 Å². The Balaban J connectivity index is 1.58. The van der Waals surface area contributed by atoms with Gasteiger partial charge in [0.25, 0.3) is 5.91 Å². The monoisotopic (exact) mass is 381 g/mol. The molecule has 1 aromatic carbocycles. The molecule has 3 amide bonds. The summed E-state index contributed by atoms with van der Waals surface area (Å²) in [6.45, 7) is 3.94. The van der Waals surface area contributed by atoms with Gasteiger partial charge in [0, 0.05) is 46.1 Å². The van der Waals surface area contributed by atoms with Gasteiger partial charge in [-0.15, -0.1) is 0 Å². The van der Waals surface area contributed by atoms with Crippen molar-refractivity contribution in [1.82, 2.24) is 14.7 Å². The lowest BCUT2D eigenvalue weighted by atomic mass is 9.92. The van der Waals surface area contributed by atoms with E-state index in [0.717, 1.165) is 11.1 Å². The fourth-order valence-electron chi connectivity index (χ4n) is 3.95. The van der Waals surface area contributed by atoms with Gasteiger partial charge < -0.3 is 19.1 Å². The number of nitrogens with zero attached hydrogens (tertiary/aromatic N) is 3. The summed E-state index contributed by atoms with van der Waals surface area (Å²) in [6, 6.07) is 10.6. The molecule has 0 N–H and O–H groups in total. The molecule has 0 aliphatic carbocycles. The summed E-state index contributed by atoms with van der Waals surface area (Å²) >= 11 is 0. The van der Waals surface area contributed by atoms with Crippen LogP contribution in [0.15, 0.2) is 47.1 Å². The minimum atomic E-state index is -0.573. The van der Waals surface area contributed by atoms with E-state index in [9.17, 15) is 14.4 Å². The fourth-order valence-corrected chi connectivity index (χ4v) is 3.95. The summed E-state index contributed by atoms with van der Waals surface area (Å²) in [5.41, 5.74) is 2.14. The summed E-state index contributed by atoms with van der Waals surface area (Å²) < 4.78 is 5.29. The van der Waals surface area contributed by atoms with Gasteiger partial charge in [-0.3, -0.25) is 14.4 Å². The number of rotatable bonds is 2. The van der Waals surface area contributed by atoms with Crippen molar-refractivity contribution in [3.05, 3.63) is 59.5 Å². The van der Waals surface area contributed by atoms with Crippen molar-refractivity contribution in [3.8, 4) is 0 Å². The highest BCUT2D eigenvalue weighted by Crippen LogP contribution is 2.26. The standard InChI is InChI=1S/C21H23N3O4/c1-15(25)22-8-10-23(11-9-22)20(26)18-13-16-5-2-3-6-17(16)14-24(18)21(27)19-7-4-12-28-19/h2-7,12,18H,8-11,13-14H2,1H3. The molecule has 1 unspecified atom stereocenters. The van der Waals surface area contributed by atoms with Gasteiger partial charge in [-0.25, -0.2) is 0 Å². The predicted molar refractivity (Wildman–Crippen MR) is 101 cm³/mol. The Morgan fingerprint density at radius 1 is 0.929 bits per heavy atom. The first-order valence-electron chi connectivity index (χ1n) is 9.50. The Labute approximate surface area is 163 Å². The van der Waals surface area contributed by atoms with Crippen LogP contribution in [0.2, 0.25) is 0 Å². The molecule has 2 aliphatic heterocycles. The smallest absolute Gasteiger partial charge is 0.290 e. The van der Waals surface area contributed by atoms with Crippen LogP contribution in [-0.4, -0.2) is 64.6 Å². The number of carbonyl (C=O) groups excluding carboxylic acids is 3. The van der Waals surface area contributed by atoms with Crippen molar-refractivity contribution in [2.24, 2.45) is 0 Å². The van der Waals surface area contributed by atoms with Gasteiger partial charge in [0.05, 0.1) is 6.26 Å². The van der Waals surface area contributed by atoms with E-state index in [0.29, 0.717) is 39.1 Å². The summed E-state index contributed by atoms with van der Waals surface area (Å²) in [4.78, 5) is 43.0. The van der Waals surface area contributed by atoms with Crippen LogP contribution in [-0.2, 0) is 22.6 Å². The third-order valence-electron chi connectivity index (χ3n) is 5.56. The molecular formula is C21H23N3O4. The molecule has 1 atom stereocenters. The number of piperazine rings is 1. The second-order valence-electron chi connectivity index (χ2n) is 7.23. The summed E-state index contributed by atoms with van der Waals surface area (Å²) in [5.74, 6) is -0.0928. The fraction of sp³-hybridized carbons (Fsp3) is 0.381. The van der Waals surface area contributed by atoms with Crippen molar-refractivity contribution in [2.45, 2.75) is 25.9 Å². The Morgan fingerprint density at radius 3 is 2.25 bits per heavy atom. The van der Waals surface area contributed by atoms with Crippen LogP contribution < -0.4 is 0 Å². The zero-order valence-electron chi connectivity index (χ0n) is 15.8. The molecular weight excluding hydrogens is 358 g/mol. The highest BCUT2D eigenvalue weighted by atomic mass is 16.3. The second kappa shape index (κ2) is 7.50. The molecule has 28 heavy (non-hydrogen) atoms. The number of hydrogen-bond acceptors (Lipinski definition) is 4. The first kappa shape index (κ1) is 18.3. The Kier molecular flexibility index (Phi) is 4.90. The maximum atomic E-state index is 13.3. The number of amides is 3. The van der Waals surface area contributed by atoms with E-state index in [1.807, 2.05) is 24.3 Å². The molecule has 146 valence electrons. The minimum absolute atomic E-state index is 0.0216. The van der Waals surface area contributed by atoms with Crippen molar-refractivity contribution < 1.29 is 18.8 Å². The van der Waals surface area contributed by atoms with Crippen LogP contribution >= 0.6 is 0 Å². The Morgan fingerprint density at radius 2 is 1.61 bits per heavy atom. The highest BCUT2D eigenvalue weighted by Gasteiger charge is 2.38. The van der Waals surface area contributed by atoms with Gasteiger partial charge in [-0.05, 0) is 23.3 Å². The van der Waals surface area contributed by atoms with E-state index >= 15 is 0 Å². The van der Waals surface area contributed by atoms with Gasteiger partial charge in [-0.2, -0.15) is 0 Å². The number of carbonyl (C=O) groups is 3. The molecule has 0 spiro atoms. The quantitative estimate of drug-likeness (QED) is 0.791. The molecule has 2 aromatic rings. The molecule has 3 heterocycles. The lowest BCUT2D eigenvalue weighted by Gasteiger charge is -2.41. The number of furan rings is 1. The van der Waals surface area contributed by atoms with Gasteiger partial charge in [0.2, 0.25) is 11.8 Å². The molecule has 0 saturated carbocycles. The Hall–Kier alpha value is -3.09. The number of hydrogen-bond donors (Lipinski definition) is 0. The average Bonchev–Trinajstić information content (AvgIpc) is 3.26. The molecule has 0 radical (unpaired) electrons. The summed E-state index contributed by atoms with van der Waals surface area (Å²) in [5, 5.41) is 0. The third-order valence-corrected chi connectivity index (χ3v) is 5.56. The predicted octanol–water partition coefficient (Wildman–Crippen LogP) is 1.54.